The first-order chi connectivity index (χ1) is 19.3. The van der Waals surface area contributed by atoms with Crippen LogP contribution in [0.3, 0.4) is 0 Å². The maximum absolute atomic E-state index is 14.1. The van der Waals surface area contributed by atoms with Crippen molar-refractivity contribution in [3.8, 4) is 11.5 Å². The number of fused-ring (bicyclic) bond motifs is 1. The van der Waals surface area contributed by atoms with E-state index in [-0.39, 0.29) is 30.3 Å². The number of hydrogen-bond acceptors (Lipinski definition) is 7. The number of nitrogens with zero attached hydrogens (tertiary/aromatic N) is 2. The molecule has 0 saturated carbocycles. The Morgan fingerprint density at radius 3 is 2.27 bits per heavy atom. The molecule has 0 radical (unpaired) electrons. The molecule has 1 atom stereocenters. The van der Waals surface area contributed by atoms with Gasteiger partial charge in [0.15, 0.2) is 5.78 Å². The number of aliphatic carboxylic acids is 1. The van der Waals surface area contributed by atoms with Gasteiger partial charge >= 0.3 is 5.97 Å². The van der Waals surface area contributed by atoms with E-state index >= 15 is 0 Å². The molecule has 8 nitrogen and oxygen atoms in total. The Morgan fingerprint density at radius 2 is 1.73 bits per heavy atom. The van der Waals surface area contributed by atoms with Crippen molar-refractivity contribution in [2.45, 2.75) is 61.0 Å². The van der Waals surface area contributed by atoms with Crippen molar-refractivity contribution in [2.24, 2.45) is 10.8 Å². The molecule has 1 aromatic carbocycles. The summed E-state index contributed by atoms with van der Waals surface area (Å²) in [7, 11) is 1.55. The number of carboxylic acid groups (broad SMARTS) is 1. The lowest BCUT2D eigenvalue weighted by atomic mass is 9.77. The third-order valence-electron chi connectivity index (χ3n) is 7.40. The molecule has 4 aromatic rings. The monoisotopic (exact) mass is 576 g/mol. The van der Waals surface area contributed by atoms with Crippen molar-refractivity contribution < 1.29 is 29.0 Å². The van der Waals surface area contributed by atoms with Crippen LogP contribution in [0.25, 0.3) is 5.52 Å². The number of aromatic nitrogens is 2. The van der Waals surface area contributed by atoms with Gasteiger partial charge in [0.2, 0.25) is 5.78 Å². The Hall–Kier alpha value is -3.98. The largest absolute Gasteiger partial charge is 0.497 e. The summed E-state index contributed by atoms with van der Waals surface area (Å²) in [6.07, 6.45) is 2.03. The van der Waals surface area contributed by atoms with Gasteiger partial charge in [-0.2, -0.15) is 0 Å². The first kappa shape index (κ1) is 30.0. The minimum atomic E-state index is -1.20. The minimum Gasteiger partial charge on any atom is -0.497 e. The third kappa shape index (κ3) is 6.05. The van der Waals surface area contributed by atoms with E-state index in [2.05, 4.69) is 4.98 Å². The molecule has 1 N–H and O–H groups in total. The van der Waals surface area contributed by atoms with Gasteiger partial charge < -0.3 is 19.0 Å². The van der Waals surface area contributed by atoms with E-state index in [1.54, 1.807) is 68.0 Å². The number of carbonyl (C=O) groups is 3. The first-order valence-electron chi connectivity index (χ1n) is 13.5. The summed E-state index contributed by atoms with van der Waals surface area (Å²) in [4.78, 5) is 45.1. The molecule has 0 saturated heterocycles. The van der Waals surface area contributed by atoms with E-state index in [0.29, 0.717) is 40.1 Å². The summed E-state index contributed by atoms with van der Waals surface area (Å²) in [5, 5.41) is 13.0. The highest BCUT2D eigenvalue weighted by atomic mass is 32.1. The Morgan fingerprint density at radius 1 is 1.05 bits per heavy atom. The molecule has 41 heavy (non-hydrogen) atoms. The second-order valence-corrected chi connectivity index (χ2v) is 12.6. The topological polar surface area (TPSA) is 107 Å². The number of rotatable bonds is 11. The zero-order valence-corrected chi connectivity index (χ0v) is 25.3. The van der Waals surface area contributed by atoms with Crippen LogP contribution in [0, 0.1) is 17.8 Å². The Kier molecular flexibility index (Phi) is 8.40. The maximum atomic E-state index is 14.1. The van der Waals surface area contributed by atoms with Crippen LogP contribution in [0.15, 0.2) is 48.0 Å². The quantitative estimate of drug-likeness (QED) is 0.196. The molecule has 216 valence electrons. The van der Waals surface area contributed by atoms with Crippen LogP contribution in [0.2, 0.25) is 0 Å². The molecule has 0 fully saturated rings. The summed E-state index contributed by atoms with van der Waals surface area (Å²) in [6, 6.07) is 10.2. The number of hydrogen-bond donors (Lipinski definition) is 1. The van der Waals surface area contributed by atoms with Gasteiger partial charge in [-0.15, -0.1) is 11.3 Å². The highest BCUT2D eigenvalue weighted by molar-refractivity contribution is 7.09. The van der Waals surface area contributed by atoms with Crippen LogP contribution in [-0.4, -0.2) is 39.1 Å². The summed E-state index contributed by atoms with van der Waals surface area (Å²) >= 11 is 1.54. The van der Waals surface area contributed by atoms with Crippen molar-refractivity contribution in [3.63, 3.8) is 0 Å². The van der Waals surface area contributed by atoms with Crippen LogP contribution in [-0.2, 0) is 17.8 Å². The molecule has 3 aromatic heterocycles. The molecule has 0 aliphatic rings. The van der Waals surface area contributed by atoms with Gasteiger partial charge in [0, 0.05) is 34.2 Å². The summed E-state index contributed by atoms with van der Waals surface area (Å²) in [5.74, 6) is -0.382. The molecule has 0 aliphatic heterocycles. The van der Waals surface area contributed by atoms with Crippen molar-refractivity contribution in [1.82, 2.24) is 9.38 Å². The fraction of sp³-hybridized carbons (Fsp3) is 0.375. The van der Waals surface area contributed by atoms with Crippen LogP contribution in [0.1, 0.15) is 83.7 Å². The van der Waals surface area contributed by atoms with E-state index in [1.165, 1.54) is 11.3 Å². The lowest BCUT2D eigenvalue weighted by Gasteiger charge is -2.25. The summed E-state index contributed by atoms with van der Waals surface area (Å²) in [6.45, 7) is 11.1. The minimum absolute atomic E-state index is 0.00316. The fourth-order valence-corrected chi connectivity index (χ4v) is 5.27. The zero-order valence-electron chi connectivity index (χ0n) is 24.5. The number of aryl methyl sites for hydroxylation is 1. The van der Waals surface area contributed by atoms with Gasteiger partial charge in [0.25, 0.3) is 0 Å². The highest BCUT2D eigenvalue weighted by Gasteiger charge is 2.39. The lowest BCUT2D eigenvalue weighted by molar-refractivity contribution is -0.148. The average Bonchev–Trinajstić information content (AvgIpc) is 3.50. The summed E-state index contributed by atoms with van der Waals surface area (Å²) in [5.41, 5.74) is 0.716. The van der Waals surface area contributed by atoms with Gasteiger partial charge in [0.1, 0.15) is 18.1 Å². The zero-order chi connectivity index (χ0) is 30.1. The molecule has 1 unspecified atom stereocenters. The van der Waals surface area contributed by atoms with Gasteiger partial charge in [-0.3, -0.25) is 14.4 Å². The van der Waals surface area contributed by atoms with Crippen molar-refractivity contribution in [2.75, 3.05) is 7.11 Å². The van der Waals surface area contributed by atoms with Gasteiger partial charge in [-0.1, -0.05) is 27.7 Å². The molecule has 0 spiro atoms. The number of pyridine rings is 1. The fourth-order valence-electron chi connectivity index (χ4n) is 4.68. The van der Waals surface area contributed by atoms with Gasteiger partial charge in [-0.05, 0) is 62.6 Å². The second kappa shape index (κ2) is 11.5. The average molecular weight is 577 g/mol. The molecule has 3 heterocycles. The Labute approximate surface area is 244 Å². The normalized spacial score (nSPS) is 13.1. The number of ketones is 2. The lowest BCUT2D eigenvalue weighted by Crippen LogP contribution is -2.31. The molecular weight excluding hydrogens is 540 g/mol. The van der Waals surface area contributed by atoms with Crippen molar-refractivity contribution >= 4 is 34.4 Å². The number of carbonyl (C=O) groups excluding carboxylic acids is 2. The van der Waals surface area contributed by atoms with Crippen LogP contribution in [0.4, 0.5) is 0 Å². The highest BCUT2D eigenvalue weighted by Crippen LogP contribution is 2.38. The van der Waals surface area contributed by atoms with Crippen molar-refractivity contribution in [3.05, 3.63) is 81.1 Å². The number of carboxylic acids is 1. The SMILES string of the molecule is CCC(C)(Cc1c(C(=O)C(C)(C)C)c2cc(OCc3csc(C)n3)ccn2c1C(=O)c1ccc(OC)cc1)C(=O)O. The molecule has 0 aliphatic carbocycles. The first-order valence-corrected chi connectivity index (χ1v) is 14.3. The van der Waals surface area contributed by atoms with Crippen LogP contribution < -0.4 is 9.47 Å². The van der Waals surface area contributed by atoms with Crippen molar-refractivity contribution in [1.29, 1.82) is 0 Å². The number of thiazole rings is 1. The van der Waals surface area contributed by atoms with Crippen LogP contribution >= 0.6 is 11.3 Å². The Balaban J connectivity index is 1.97. The van der Waals surface area contributed by atoms with E-state index in [9.17, 15) is 19.5 Å². The molecule has 9 heteroatoms. The second-order valence-electron chi connectivity index (χ2n) is 11.5. The Bertz CT molecular complexity index is 1610. The van der Waals surface area contributed by atoms with Crippen LogP contribution in [0.5, 0.6) is 11.5 Å². The predicted octanol–water partition coefficient (Wildman–Crippen LogP) is 6.80. The van der Waals surface area contributed by atoms with E-state index in [1.807, 2.05) is 33.1 Å². The van der Waals surface area contributed by atoms with Gasteiger partial charge in [0.05, 0.1) is 34.4 Å². The molecule has 0 amide bonds. The summed E-state index contributed by atoms with van der Waals surface area (Å²) < 4.78 is 13.0. The molecular formula is C32H36N2O6S. The third-order valence-corrected chi connectivity index (χ3v) is 8.23. The molecule has 0 bridgehead atoms. The van der Waals surface area contributed by atoms with E-state index < -0.39 is 16.8 Å². The number of methoxy groups -OCH3 is 1. The van der Waals surface area contributed by atoms with E-state index in [0.717, 1.165) is 10.7 Å². The number of benzene rings is 1. The molecule has 4 rings (SSSR count). The number of ether oxygens (including phenoxy) is 2. The van der Waals surface area contributed by atoms with Gasteiger partial charge in [-0.25, -0.2) is 4.98 Å². The van der Waals surface area contributed by atoms with E-state index in [4.69, 9.17) is 9.47 Å². The maximum Gasteiger partial charge on any atom is 0.309 e. The predicted molar refractivity (Wildman–Crippen MR) is 159 cm³/mol. The standard InChI is InChI=1S/C32H36N2O6S/c1-8-32(6,30(37)38)16-24-26(29(36)31(3,4)5)25-15-23(40-17-21-18-41-19(2)33-21)13-14-34(25)27(24)28(35)20-9-11-22(39-7)12-10-20/h9-15,18H,8,16-17H2,1-7H3,(H,37,38). The smallest absolute Gasteiger partial charge is 0.309 e. The number of Topliss-reactive ketones (excluding diaryl/α,β-unsaturated/α-hetero) is 1.